The van der Waals surface area contributed by atoms with Gasteiger partial charge in [-0.2, -0.15) is 0 Å². The van der Waals surface area contributed by atoms with Gasteiger partial charge in [-0.05, 0) is 19.8 Å². The minimum atomic E-state index is -0.744. The average molecular weight is 256 g/mol. The SMILES string of the molecule is Cc1nc(Cl)cc(N2CCC[C@@H](C(=O)O)C2)n1. The monoisotopic (exact) mass is 255 g/mol. The Balaban J connectivity index is 2.18. The molecule has 6 heteroatoms. The lowest BCUT2D eigenvalue weighted by Crippen LogP contribution is -2.39. The van der Waals surface area contributed by atoms with Crippen LogP contribution >= 0.6 is 11.6 Å². The van der Waals surface area contributed by atoms with Crippen LogP contribution in [0.1, 0.15) is 18.7 Å². The van der Waals surface area contributed by atoms with Crippen LogP contribution < -0.4 is 4.90 Å². The summed E-state index contributed by atoms with van der Waals surface area (Å²) in [5, 5.41) is 9.42. The minimum absolute atomic E-state index is 0.321. The Bertz CT molecular complexity index is 418. The number of carbonyl (C=O) groups is 1. The van der Waals surface area contributed by atoms with Crippen LogP contribution in [0.5, 0.6) is 0 Å². The van der Waals surface area contributed by atoms with Gasteiger partial charge >= 0.3 is 5.97 Å². The van der Waals surface area contributed by atoms with E-state index in [0.29, 0.717) is 23.3 Å². The number of hydrogen-bond acceptors (Lipinski definition) is 4. The first kappa shape index (κ1) is 12.1. The number of aliphatic carboxylic acids is 1. The van der Waals surface area contributed by atoms with Gasteiger partial charge in [0.25, 0.3) is 0 Å². The molecule has 0 spiro atoms. The largest absolute Gasteiger partial charge is 0.481 e. The maximum Gasteiger partial charge on any atom is 0.308 e. The molecule has 1 aromatic rings. The van der Waals surface area contributed by atoms with Gasteiger partial charge in [0, 0.05) is 19.2 Å². The molecular weight excluding hydrogens is 242 g/mol. The lowest BCUT2D eigenvalue weighted by Gasteiger charge is -2.31. The summed E-state index contributed by atoms with van der Waals surface area (Å²) in [7, 11) is 0. The summed E-state index contributed by atoms with van der Waals surface area (Å²) in [6.45, 7) is 3.08. The summed E-state index contributed by atoms with van der Waals surface area (Å²) in [5.74, 6) is 0.253. The van der Waals surface area contributed by atoms with Gasteiger partial charge < -0.3 is 10.0 Å². The molecule has 92 valence electrons. The van der Waals surface area contributed by atoms with Crippen molar-refractivity contribution in [2.75, 3.05) is 18.0 Å². The van der Waals surface area contributed by atoms with Crippen molar-refractivity contribution in [2.24, 2.45) is 5.92 Å². The molecule has 0 aliphatic carbocycles. The molecule has 1 aliphatic heterocycles. The van der Waals surface area contributed by atoms with E-state index in [0.717, 1.165) is 19.4 Å². The van der Waals surface area contributed by atoms with E-state index >= 15 is 0 Å². The maximum atomic E-state index is 11.0. The van der Waals surface area contributed by atoms with Crippen LogP contribution in [0.3, 0.4) is 0 Å². The Morgan fingerprint density at radius 1 is 1.59 bits per heavy atom. The molecule has 0 aromatic carbocycles. The molecule has 1 aromatic heterocycles. The highest BCUT2D eigenvalue weighted by Gasteiger charge is 2.26. The van der Waals surface area contributed by atoms with Crippen molar-refractivity contribution in [1.29, 1.82) is 0 Å². The van der Waals surface area contributed by atoms with Gasteiger partial charge in [-0.1, -0.05) is 11.6 Å². The van der Waals surface area contributed by atoms with E-state index in [2.05, 4.69) is 9.97 Å². The molecular formula is C11H14ClN3O2. The number of piperidine rings is 1. The summed E-state index contributed by atoms with van der Waals surface area (Å²) >= 11 is 5.87. The summed E-state index contributed by atoms with van der Waals surface area (Å²) < 4.78 is 0. The van der Waals surface area contributed by atoms with Crippen molar-refractivity contribution in [3.63, 3.8) is 0 Å². The molecule has 1 saturated heterocycles. The molecule has 2 rings (SSSR count). The molecule has 17 heavy (non-hydrogen) atoms. The Labute approximate surface area is 104 Å². The topological polar surface area (TPSA) is 66.3 Å². The van der Waals surface area contributed by atoms with Crippen LogP contribution in [0, 0.1) is 12.8 Å². The van der Waals surface area contributed by atoms with Gasteiger partial charge in [-0.25, -0.2) is 9.97 Å². The van der Waals surface area contributed by atoms with Crippen LogP contribution in [-0.2, 0) is 4.79 Å². The van der Waals surface area contributed by atoms with Gasteiger partial charge in [0.15, 0.2) is 0 Å². The summed E-state index contributed by atoms with van der Waals surface area (Å²) in [6, 6.07) is 1.68. The number of nitrogens with zero attached hydrogens (tertiary/aromatic N) is 3. The van der Waals surface area contributed by atoms with Gasteiger partial charge in [0.1, 0.15) is 16.8 Å². The van der Waals surface area contributed by atoms with Crippen molar-refractivity contribution in [3.8, 4) is 0 Å². The number of aryl methyl sites for hydroxylation is 1. The molecule has 0 saturated carbocycles. The highest BCUT2D eigenvalue weighted by atomic mass is 35.5. The third-order valence-electron chi connectivity index (χ3n) is 2.89. The average Bonchev–Trinajstić information content (AvgIpc) is 2.28. The number of carboxylic acids is 1. The summed E-state index contributed by atoms with van der Waals surface area (Å²) in [4.78, 5) is 21.2. The van der Waals surface area contributed by atoms with Gasteiger partial charge in [-0.3, -0.25) is 4.79 Å². The number of halogens is 1. The molecule has 0 unspecified atom stereocenters. The molecule has 0 bridgehead atoms. The van der Waals surface area contributed by atoms with Gasteiger partial charge in [-0.15, -0.1) is 0 Å². The van der Waals surface area contributed by atoms with Crippen LogP contribution in [0.4, 0.5) is 5.82 Å². The quantitative estimate of drug-likeness (QED) is 0.816. The minimum Gasteiger partial charge on any atom is -0.481 e. The molecule has 1 N–H and O–H groups in total. The zero-order valence-corrected chi connectivity index (χ0v) is 10.3. The second-order valence-corrected chi connectivity index (χ2v) is 4.61. The van der Waals surface area contributed by atoms with E-state index in [1.807, 2.05) is 4.90 Å². The third-order valence-corrected chi connectivity index (χ3v) is 3.08. The highest BCUT2D eigenvalue weighted by molar-refractivity contribution is 6.29. The Kier molecular flexibility index (Phi) is 3.47. The molecule has 0 amide bonds. The Hall–Kier alpha value is -1.36. The number of aromatic nitrogens is 2. The van der Waals surface area contributed by atoms with Crippen molar-refractivity contribution >= 4 is 23.4 Å². The molecule has 0 radical (unpaired) electrons. The normalized spacial score (nSPS) is 20.4. The standard InChI is InChI=1S/C11H14ClN3O2/c1-7-13-9(12)5-10(14-7)15-4-2-3-8(6-15)11(16)17/h5,8H,2-4,6H2,1H3,(H,16,17)/t8-/m1/s1. The lowest BCUT2D eigenvalue weighted by atomic mass is 9.98. The number of hydrogen-bond donors (Lipinski definition) is 1. The van der Waals surface area contributed by atoms with Crippen LogP contribution in [0.15, 0.2) is 6.07 Å². The molecule has 1 fully saturated rings. The van der Waals surface area contributed by atoms with E-state index in [4.69, 9.17) is 16.7 Å². The third kappa shape index (κ3) is 2.85. The van der Waals surface area contributed by atoms with E-state index in [9.17, 15) is 4.79 Å². The lowest BCUT2D eigenvalue weighted by molar-refractivity contribution is -0.141. The molecule has 1 atom stereocenters. The fraction of sp³-hybridized carbons (Fsp3) is 0.545. The molecule has 5 nitrogen and oxygen atoms in total. The number of rotatable bonds is 2. The van der Waals surface area contributed by atoms with E-state index in [-0.39, 0.29) is 5.92 Å². The smallest absolute Gasteiger partial charge is 0.308 e. The van der Waals surface area contributed by atoms with Gasteiger partial charge in [0.2, 0.25) is 0 Å². The predicted octanol–water partition coefficient (Wildman–Crippen LogP) is 1.74. The number of carboxylic acid groups (broad SMARTS) is 1. The summed E-state index contributed by atoms with van der Waals surface area (Å²) in [6.07, 6.45) is 1.58. The predicted molar refractivity (Wildman–Crippen MR) is 64.4 cm³/mol. The van der Waals surface area contributed by atoms with E-state index in [1.165, 1.54) is 0 Å². The Morgan fingerprint density at radius 3 is 3.00 bits per heavy atom. The first-order valence-electron chi connectivity index (χ1n) is 5.55. The Morgan fingerprint density at radius 2 is 2.35 bits per heavy atom. The van der Waals surface area contributed by atoms with E-state index in [1.54, 1.807) is 13.0 Å². The van der Waals surface area contributed by atoms with Crippen LogP contribution in [0.25, 0.3) is 0 Å². The summed E-state index contributed by atoms with van der Waals surface area (Å²) in [5.41, 5.74) is 0. The zero-order chi connectivity index (χ0) is 12.4. The highest BCUT2D eigenvalue weighted by Crippen LogP contribution is 2.23. The first-order chi connectivity index (χ1) is 8.06. The maximum absolute atomic E-state index is 11.0. The van der Waals surface area contributed by atoms with Crippen molar-refractivity contribution in [2.45, 2.75) is 19.8 Å². The van der Waals surface area contributed by atoms with Gasteiger partial charge in [0.05, 0.1) is 5.92 Å². The second-order valence-electron chi connectivity index (χ2n) is 4.22. The molecule has 1 aliphatic rings. The van der Waals surface area contributed by atoms with E-state index < -0.39 is 5.97 Å². The molecule has 2 heterocycles. The van der Waals surface area contributed by atoms with Crippen molar-refractivity contribution < 1.29 is 9.90 Å². The fourth-order valence-electron chi connectivity index (χ4n) is 2.07. The fourth-order valence-corrected chi connectivity index (χ4v) is 2.29. The second kappa shape index (κ2) is 4.87. The van der Waals surface area contributed by atoms with Crippen LogP contribution in [0.2, 0.25) is 5.15 Å². The first-order valence-corrected chi connectivity index (χ1v) is 5.93. The van der Waals surface area contributed by atoms with Crippen molar-refractivity contribution in [3.05, 3.63) is 17.0 Å². The zero-order valence-electron chi connectivity index (χ0n) is 9.56. The van der Waals surface area contributed by atoms with Crippen molar-refractivity contribution in [1.82, 2.24) is 9.97 Å². The number of anilines is 1. The van der Waals surface area contributed by atoms with Crippen LogP contribution in [-0.4, -0.2) is 34.1 Å².